The molecule has 2 rings (SSSR count). The number of methoxy groups -OCH3 is 2. The predicted molar refractivity (Wildman–Crippen MR) is 83.5 cm³/mol. The number of likely N-dealkylation sites (tertiary alicyclic amines) is 1. The van der Waals surface area contributed by atoms with Gasteiger partial charge in [0, 0.05) is 32.2 Å². The van der Waals surface area contributed by atoms with Crippen LogP contribution in [0.5, 0.6) is 0 Å². The van der Waals surface area contributed by atoms with Gasteiger partial charge in [-0.25, -0.2) is 5.84 Å². The maximum absolute atomic E-state index is 11.5. The number of nitrogens with zero attached hydrogens (tertiary/aromatic N) is 1. The summed E-state index contributed by atoms with van der Waals surface area (Å²) in [5, 5.41) is 0. The average molecular weight is 307 g/mol. The van der Waals surface area contributed by atoms with E-state index in [4.69, 9.17) is 15.3 Å². The quantitative estimate of drug-likeness (QED) is 0.357. The molecule has 22 heavy (non-hydrogen) atoms. The van der Waals surface area contributed by atoms with Gasteiger partial charge in [-0.05, 0) is 31.5 Å². The Morgan fingerprint density at radius 2 is 1.86 bits per heavy atom. The van der Waals surface area contributed by atoms with E-state index in [1.165, 1.54) is 5.56 Å². The number of rotatable bonds is 6. The number of hydrazine groups is 1. The van der Waals surface area contributed by atoms with Crippen LogP contribution in [0.3, 0.4) is 0 Å². The topological polar surface area (TPSA) is 76.8 Å². The van der Waals surface area contributed by atoms with Crippen molar-refractivity contribution in [1.82, 2.24) is 10.3 Å². The van der Waals surface area contributed by atoms with Gasteiger partial charge in [0.2, 0.25) is 5.91 Å². The summed E-state index contributed by atoms with van der Waals surface area (Å²) in [5.41, 5.74) is 4.50. The van der Waals surface area contributed by atoms with Crippen molar-refractivity contribution >= 4 is 5.91 Å². The van der Waals surface area contributed by atoms with Crippen molar-refractivity contribution in [3.05, 3.63) is 35.4 Å². The first-order valence-corrected chi connectivity index (χ1v) is 7.55. The molecule has 6 nitrogen and oxygen atoms in total. The Morgan fingerprint density at radius 3 is 2.36 bits per heavy atom. The van der Waals surface area contributed by atoms with Crippen LogP contribution in [0.15, 0.2) is 24.3 Å². The molecule has 0 aliphatic carbocycles. The van der Waals surface area contributed by atoms with E-state index < -0.39 is 0 Å². The molecule has 0 radical (unpaired) electrons. The lowest BCUT2D eigenvalue weighted by Crippen LogP contribution is -2.42. The van der Waals surface area contributed by atoms with Crippen LogP contribution in [-0.4, -0.2) is 38.1 Å². The molecule has 1 aromatic carbocycles. The summed E-state index contributed by atoms with van der Waals surface area (Å²) in [6.07, 6.45) is 1.40. The average Bonchev–Trinajstić information content (AvgIpc) is 2.57. The van der Waals surface area contributed by atoms with Crippen molar-refractivity contribution in [2.75, 3.05) is 27.3 Å². The lowest BCUT2D eigenvalue weighted by molar-refractivity contribution is -0.126. The van der Waals surface area contributed by atoms with Crippen LogP contribution in [0.2, 0.25) is 0 Å². The number of amides is 1. The molecular weight excluding hydrogens is 282 g/mol. The van der Waals surface area contributed by atoms with Gasteiger partial charge < -0.3 is 9.47 Å². The molecule has 1 saturated heterocycles. The molecule has 122 valence electrons. The summed E-state index contributed by atoms with van der Waals surface area (Å²) in [7, 11) is 3.26. The maximum atomic E-state index is 11.5. The molecule has 1 fully saturated rings. The van der Waals surface area contributed by atoms with E-state index in [2.05, 4.69) is 22.5 Å². The third-order valence-electron chi connectivity index (χ3n) is 4.19. The Labute approximate surface area is 131 Å². The van der Waals surface area contributed by atoms with E-state index in [1.54, 1.807) is 14.2 Å². The van der Waals surface area contributed by atoms with Crippen molar-refractivity contribution < 1.29 is 14.3 Å². The van der Waals surface area contributed by atoms with E-state index in [-0.39, 0.29) is 18.1 Å². The first kappa shape index (κ1) is 16.9. The Bertz CT molecular complexity index is 466. The van der Waals surface area contributed by atoms with Gasteiger partial charge in [-0.3, -0.25) is 15.1 Å². The predicted octanol–water partition coefficient (Wildman–Crippen LogP) is 1.18. The van der Waals surface area contributed by atoms with E-state index in [9.17, 15) is 4.79 Å². The standard InChI is InChI=1S/C16H25N3O3/c1-21-16(22-2)14-5-3-12(4-6-14)11-19-9-7-13(8-10-19)15(20)18-17/h3-6,13,16H,7-11,17H2,1-2H3,(H,18,20). The Kier molecular flexibility index (Phi) is 6.33. The smallest absolute Gasteiger partial charge is 0.237 e. The minimum atomic E-state index is -0.320. The molecule has 1 heterocycles. The van der Waals surface area contributed by atoms with Gasteiger partial charge in [0.05, 0.1) is 0 Å². The molecule has 3 N–H and O–H groups in total. The fraction of sp³-hybridized carbons (Fsp3) is 0.562. The molecule has 0 atom stereocenters. The van der Waals surface area contributed by atoms with Crippen LogP contribution < -0.4 is 11.3 Å². The van der Waals surface area contributed by atoms with Crippen molar-refractivity contribution in [1.29, 1.82) is 0 Å². The summed E-state index contributed by atoms with van der Waals surface area (Å²) in [5.74, 6) is 5.19. The molecule has 0 saturated carbocycles. The molecule has 1 aliphatic rings. The van der Waals surface area contributed by atoms with Crippen molar-refractivity contribution in [3.63, 3.8) is 0 Å². The number of carbonyl (C=O) groups excluding carboxylic acids is 1. The fourth-order valence-corrected chi connectivity index (χ4v) is 2.88. The Balaban J connectivity index is 1.86. The SMILES string of the molecule is COC(OC)c1ccc(CN2CCC(C(=O)NN)CC2)cc1. The number of carbonyl (C=O) groups is 1. The number of benzene rings is 1. The molecule has 0 spiro atoms. The first-order chi connectivity index (χ1) is 10.7. The van der Waals surface area contributed by atoms with E-state index in [0.29, 0.717) is 0 Å². The van der Waals surface area contributed by atoms with Crippen LogP contribution in [0.25, 0.3) is 0 Å². The van der Waals surface area contributed by atoms with Gasteiger partial charge in [-0.1, -0.05) is 24.3 Å². The van der Waals surface area contributed by atoms with Crippen LogP contribution >= 0.6 is 0 Å². The molecular formula is C16H25N3O3. The van der Waals surface area contributed by atoms with Gasteiger partial charge in [-0.2, -0.15) is 0 Å². The maximum Gasteiger partial charge on any atom is 0.237 e. The highest BCUT2D eigenvalue weighted by Gasteiger charge is 2.24. The Hall–Kier alpha value is -1.47. The van der Waals surface area contributed by atoms with Crippen molar-refractivity contribution in [2.24, 2.45) is 11.8 Å². The molecule has 6 heteroatoms. The van der Waals surface area contributed by atoms with E-state index in [1.807, 2.05) is 12.1 Å². The number of hydrogen-bond donors (Lipinski definition) is 2. The second kappa shape index (κ2) is 8.24. The van der Waals surface area contributed by atoms with Gasteiger partial charge in [0.25, 0.3) is 0 Å². The van der Waals surface area contributed by atoms with E-state index in [0.717, 1.165) is 38.0 Å². The minimum Gasteiger partial charge on any atom is -0.352 e. The largest absolute Gasteiger partial charge is 0.352 e. The lowest BCUT2D eigenvalue weighted by atomic mass is 9.96. The summed E-state index contributed by atoms with van der Waals surface area (Å²) >= 11 is 0. The number of nitrogens with two attached hydrogens (primary N) is 1. The highest BCUT2D eigenvalue weighted by molar-refractivity contribution is 5.78. The van der Waals surface area contributed by atoms with Gasteiger partial charge in [0.1, 0.15) is 0 Å². The minimum absolute atomic E-state index is 0.0471. The fourth-order valence-electron chi connectivity index (χ4n) is 2.88. The van der Waals surface area contributed by atoms with Crippen molar-refractivity contribution in [2.45, 2.75) is 25.7 Å². The summed E-state index contributed by atoms with van der Waals surface area (Å²) in [6, 6.07) is 8.25. The van der Waals surface area contributed by atoms with Gasteiger partial charge >= 0.3 is 0 Å². The molecule has 0 aromatic heterocycles. The summed E-state index contributed by atoms with van der Waals surface area (Å²) in [4.78, 5) is 13.9. The number of hydrogen-bond acceptors (Lipinski definition) is 5. The highest BCUT2D eigenvalue weighted by atomic mass is 16.7. The zero-order valence-electron chi connectivity index (χ0n) is 13.2. The second-order valence-electron chi connectivity index (χ2n) is 5.60. The second-order valence-corrected chi connectivity index (χ2v) is 5.60. The van der Waals surface area contributed by atoms with Crippen LogP contribution in [-0.2, 0) is 20.8 Å². The normalized spacial score (nSPS) is 16.9. The number of ether oxygens (including phenoxy) is 2. The lowest BCUT2D eigenvalue weighted by Gasteiger charge is -2.31. The zero-order chi connectivity index (χ0) is 15.9. The number of nitrogens with one attached hydrogen (secondary N) is 1. The third kappa shape index (κ3) is 4.27. The summed E-state index contributed by atoms with van der Waals surface area (Å²) < 4.78 is 10.5. The molecule has 1 aliphatic heterocycles. The van der Waals surface area contributed by atoms with Crippen LogP contribution in [0, 0.1) is 5.92 Å². The molecule has 1 amide bonds. The third-order valence-corrected chi connectivity index (χ3v) is 4.19. The molecule has 0 unspecified atom stereocenters. The van der Waals surface area contributed by atoms with Gasteiger partial charge in [0.15, 0.2) is 6.29 Å². The monoisotopic (exact) mass is 307 g/mol. The van der Waals surface area contributed by atoms with Crippen LogP contribution in [0.1, 0.15) is 30.3 Å². The van der Waals surface area contributed by atoms with E-state index >= 15 is 0 Å². The first-order valence-electron chi connectivity index (χ1n) is 7.55. The van der Waals surface area contributed by atoms with Crippen molar-refractivity contribution in [3.8, 4) is 0 Å². The Morgan fingerprint density at radius 1 is 1.27 bits per heavy atom. The van der Waals surface area contributed by atoms with Gasteiger partial charge in [-0.15, -0.1) is 0 Å². The highest BCUT2D eigenvalue weighted by Crippen LogP contribution is 2.21. The zero-order valence-corrected chi connectivity index (χ0v) is 13.2. The number of piperidine rings is 1. The summed E-state index contributed by atoms with van der Waals surface area (Å²) in [6.45, 7) is 2.72. The molecule has 1 aromatic rings. The van der Waals surface area contributed by atoms with Crippen LogP contribution in [0.4, 0.5) is 0 Å². The molecule has 0 bridgehead atoms.